The molecular formula is C11H18O4. The number of hydrogen-bond donors (Lipinski definition) is 2. The molecule has 0 radical (unpaired) electrons. The second-order valence-corrected chi connectivity index (χ2v) is 3.96. The first-order valence-corrected chi connectivity index (χ1v) is 5.03. The number of hydrogen-bond acceptors (Lipinski definition) is 2. The van der Waals surface area contributed by atoms with E-state index in [-0.39, 0.29) is 12.8 Å². The van der Waals surface area contributed by atoms with E-state index in [0.29, 0.717) is 17.9 Å². The number of aliphatic carboxylic acids is 2. The first-order valence-electron chi connectivity index (χ1n) is 5.03. The van der Waals surface area contributed by atoms with Crippen LogP contribution >= 0.6 is 0 Å². The van der Waals surface area contributed by atoms with Crippen molar-refractivity contribution < 1.29 is 19.8 Å². The summed E-state index contributed by atoms with van der Waals surface area (Å²) in [5.74, 6) is -1.34. The molecule has 0 saturated carbocycles. The van der Waals surface area contributed by atoms with Crippen LogP contribution in [0, 0.1) is 5.92 Å². The van der Waals surface area contributed by atoms with Gasteiger partial charge >= 0.3 is 11.9 Å². The van der Waals surface area contributed by atoms with Crippen molar-refractivity contribution in [2.24, 2.45) is 5.92 Å². The van der Waals surface area contributed by atoms with Gasteiger partial charge in [-0.2, -0.15) is 0 Å². The Morgan fingerprint density at radius 2 is 1.73 bits per heavy atom. The van der Waals surface area contributed by atoms with Crippen LogP contribution in [0.1, 0.15) is 39.5 Å². The number of carbonyl (C=O) groups is 2. The molecule has 4 nitrogen and oxygen atoms in total. The number of carboxylic acids is 2. The maximum atomic E-state index is 10.5. The zero-order valence-electron chi connectivity index (χ0n) is 9.19. The number of carboxylic acid groups (broad SMARTS) is 2. The molecule has 0 aromatic carbocycles. The van der Waals surface area contributed by atoms with Crippen LogP contribution in [0.5, 0.6) is 0 Å². The lowest BCUT2D eigenvalue weighted by Crippen LogP contribution is -2.01. The zero-order chi connectivity index (χ0) is 11.8. The molecule has 0 saturated heterocycles. The molecule has 2 N–H and O–H groups in total. The van der Waals surface area contributed by atoms with Crippen molar-refractivity contribution in [1.82, 2.24) is 0 Å². The summed E-state index contributed by atoms with van der Waals surface area (Å²) in [6, 6.07) is 0. The molecular weight excluding hydrogens is 196 g/mol. The number of allylic oxidation sites excluding steroid dienone is 1. The van der Waals surface area contributed by atoms with Crippen LogP contribution in [0.25, 0.3) is 0 Å². The lowest BCUT2D eigenvalue weighted by molar-refractivity contribution is -0.138. The van der Waals surface area contributed by atoms with Crippen molar-refractivity contribution in [3.05, 3.63) is 11.6 Å². The molecule has 0 amide bonds. The van der Waals surface area contributed by atoms with E-state index in [2.05, 4.69) is 0 Å². The van der Waals surface area contributed by atoms with Gasteiger partial charge in [0.2, 0.25) is 0 Å². The maximum absolute atomic E-state index is 10.5. The third-order valence-electron chi connectivity index (χ3n) is 1.92. The van der Waals surface area contributed by atoms with Gasteiger partial charge in [0.15, 0.2) is 0 Å². The van der Waals surface area contributed by atoms with E-state index in [4.69, 9.17) is 10.2 Å². The maximum Gasteiger partial charge on any atom is 0.307 e. The van der Waals surface area contributed by atoms with Crippen LogP contribution < -0.4 is 0 Å². The Kier molecular flexibility index (Phi) is 6.42. The van der Waals surface area contributed by atoms with Crippen LogP contribution in [0.3, 0.4) is 0 Å². The van der Waals surface area contributed by atoms with Crippen molar-refractivity contribution in [3.63, 3.8) is 0 Å². The average Bonchev–Trinajstić information content (AvgIpc) is 2.08. The van der Waals surface area contributed by atoms with Crippen LogP contribution in [-0.2, 0) is 9.59 Å². The molecule has 0 heterocycles. The molecule has 4 heteroatoms. The van der Waals surface area contributed by atoms with E-state index in [9.17, 15) is 9.59 Å². The molecule has 0 fully saturated rings. The standard InChI is InChI=1S/C11H18O4/c1-8(2)3-4-9(7-11(14)15)5-6-10(12)13/h4,8H,3,5-7H2,1-2H3,(H,12,13)(H,14,15). The fraction of sp³-hybridized carbons (Fsp3) is 0.636. The zero-order valence-corrected chi connectivity index (χ0v) is 9.19. The Morgan fingerprint density at radius 1 is 1.13 bits per heavy atom. The molecule has 0 aliphatic rings. The van der Waals surface area contributed by atoms with Gasteiger partial charge in [-0.15, -0.1) is 0 Å². The average molecular weight is 214 g/mol. The van der Waals surface area contributed by atoms with E-state index in [1.165, 1.54) is 0 Å². The van der Waals surface area contributed by atoms with Gasteiger partial charge in [-0.05, 0) is 18.8 Å². The highest BCUT2D eigenvalue weighted by Crippen LogP contribution is 2.13. The summed E-state index contributed by atoms with van der Waals surface area (Å²) in [7, 11) is 0. The minimum absolute atomic E-state index is 0.00277. The van der Waals surface area contributed by atoms with Gasteiger partial charge in [-0.1, -0.05) is 25.5 Å². The molecule has 0 aliphatic carbocycles. The first-order chi connectivity index (χ1) is 6.91. The molecule has 0 rings (SSSR count). The fourth-order valence-corrected chi connectivity index (χ4v) is 1.13. The van der Waals surface area contributed by atoms with Crippen molar-refractivity contribution in [2.75, 3.05) is 0 Å². The predicted octanol–water partition coefficient (Wildman–Crippen LogP) is 2.30. The van der Waals surface area contributed by atoms with E-state index in [0.717, 1.165) is 6.42 Å². The Balaban J connectivity index is 4.23. The predicted molar refractivity (Wildman–Crippen MR) is 56.7 cm³/mol. The lowest BCUT2D eigenvalue weighted by atomic mass is 10.0. The van der Waals surface area contributed by atoms with E-state index in [1.807, 2.05) is 19.9 Å². The van der Waals surface area contributed by atoms with Crippen LogP contribution in [0.4, 0.5) is 0 Å². The second-order valence-electron chi connectivity index (χ2n) is 3.96. The normalized spacial score (nSPS) is 11.8. The van der Waals surface area contributed by atoms with Crippen LogP contribution in [0.2, 0.25) is 0 Å². The van der Waals surface area contributed by atoms with Gasteiger partial charge in [0, 0.05) is 6.42 Å². The van der Waals surface area contributed by atoms with E-state index >= 15 is 0 Å². The highest BCUT2D eigenvalue weighted by Gasteiger charge is 2.06. The Bertz CT molecular complexity index is 253. The second kappa shape index (κ2) is 7.04. The summed E-state index contributed by atoms with van der Waals surface area (Å²) < 4.78 is 0. The summed E-state index contributed by atoms with van der Waals surface area (Å²) >= 11 is 0. The molecule has 0 aliphatic heterocycles. The van der Waals surface area contributed by atoms with Gasteiger partial charge in [0.05, 0.1) is 6.42 Å². The lowest BCUT2D eigenvalue weighted by Gasteiger charge is -2.05. The van der Waals surface area contributed by atoms with Crippen molar-refractivity contribution in [3.8, 4) is 0 Å². The molecule has 0 atom stereocenters. The number of rotatable bonds is 7. The Labute approximate surface area is 89.6 Å². The summed E-state index contributed by atoms with van der Waals surface area (Å²) in [6.07, 6.45) is 2.91. The first kappa shape index (κ1) is 13.7. The monoisotopic (exact) mass is 214 g/mol. The van der Waals surface area contributed by atoms with Gasteiger partial charge in [-0.25, -0.2) is 0 Å². The highest BCUT2D eigenvalue weighted by atomic mass is 16.4. The smallest absolute Gasteiger partial charge is 0.307 e. The molecule has 0 bridgehead atoms. The van der Waals surface area contributed by atoms with Gasteiger partial charge in [0.25, 0.3) is 0 Å². The van der Waals surface area contributed by atoms with Crippen LogP contribution in [0.15, 0.2) is 11.6 Å². The third-order valence-corrected chi connectivity index (χ3v) is 1.92. The Hall–Kier alpha value is -1.32. The highest BCUT2D eigenvalue weighted by molar-refractivity contribution is 5.71. The minimum atomic E-state index is -0.907. The molecule has 0 spiro atoms. The fourth-order valence-electron chi connectivity index (χ4n) is 1.13. The van der Waals surface area contributed by atoms with Crippen LogP contribution in [-0.4, -0.2) is 22.2 Å². The van der Waals surface area contributed by atoms with Crippen molar-refractivity contribution in [1.29, 1.82) is 0 Å². The molecule has 0 aromatic heterocycles. The van der Waals surface area contributed by atoms with Crippen molar-refractivity contribution >= 4 is 11.9 Å². The van der Waals surface area contributed by atoms with E-state index in [1.54, 1.807) is 0 Å². The topological polar surface area (TPSA) is 74.6 Å². The largest absolute Gasteiger partial charge is 0.481 e. The Morgan fingerprint density at radius 3 is 2.13 bits per heavy atom. The quantitative estimate of drug-likeness (QED) is 0.637. The molecule has 15 heavy (non-hydrogen) atoms. The minimum Gasteiger partial charge on any atom is -0.481 e. The van der Waals surface area contributed by atoms with E-state index < -0.39 is 11.9 Å². The molecule has 0 aromatic rings. The van der Waals surface area contributed by atoms with Gasteiger partial charge in [0.1, 0.15) is 0 Å². The SMILES string of the molecule is CC(C)CC=C(CCC(=O)O)CC(=O)O. The molecule has 86 valence electrons. The summed E-state index contributed by atoms with van der Waals surface area (Å²) in [4.78, 5) is 20.9. The summed E-state index contributed by atoms with van der Waals surface area (Å²) in [6.45, 7) is 4.07. The van der Waals surface area contributed by atoms with Gasteiger partial charge in [-0.3, -0.25) is 9.59 Å². The third kappa shape index (κ3) is 9.00. The molecule has 0 unspecified atom stereocenters. The van der Waals surface area contributed by atoms with Gasteiger partial charge < -0.3 is 10.2 Å². The van der Waals surface area contributed by atoms with Crippen molar-refractivity contribution in [2.45, 2.75) is 39.5 Å². The summed E-state index contributed by atoms with van der Waals surface area (Å²) in [5, 5.41) is 17.1. The summed E-state index contributed by atoms with van der Waals surface area (Å²) in [5.41, 5.74) is 0.707.